The molecule has 1 heterocycles. The molecule has 1 unspecified atom stereocenters. The molecular formula is C16H21NO3. The van der Waals surface area contributed by atoms with E-state index in [2.05, 4.69) is 0 Å². The number of aryl methyl sites for hydroxylation is 2. The summed E-state index contributed by atoms with van der Waals surface area (Å²) in [7, 11) is 0. The number of hydrogen-bond donors (Lipinski definition) is 1. The second-order valence-electron chi connectivity index (χ2n) is 5.54. The third-order valence-electron chi connectivity index (χ3n) is 3.95. The highest BCUT2D eigenvalue weighted by Crippen LogP contribution is 2.20. The van der Waals surface area contributed by atoms with Crippen molar-refractivity contribution in [2.24, 2.45) is 0 Å². The minimum absolute atomic E-state index is 0.0780. The summed E-state index contributed by atoms with van der Waals surface area (Å²) in [6.45, 7) is 4.53. The Labute approximate surface area is 119 Å². The number of benzene rings is 1. The van der Waals surface area contributed by atoms with Crippen LogP contribution in [0.15, 0.2) is 18.2 Å². The summed E-state index contributed by atoms with van der Waals surface area (Å²) in [5.41, 5.74) is 3.18. The molecule has 0 radical (unpaired) electrons. The largest absolute Gasteiger partial charge is 0.480 e. The molecule has 0 aromatic heterocycles. The number of aliphatic carboxylic acids is 1. The Hall–Kier alpha value is -1.84. The van der Waals surface area contributed by atoms with Crippen LogP contribution in [0, 0.1) is 13.8 Å². The predicted molar refractivity (Wildman–Crippen MR) is 76.6 cm³/mol. The van der Waals surface area contributed by atoms with Crippen molar-refractivity contribution in [1.29, 1.82) is 0 Å². The minimum Gasteiger partial charge on any atom is -0.480 e. The summed E-state index contributed by atoms with van der Waals surface area (Å²) >= 11 is 0. The molecule has 0 aliphatic carbocycles. The lowest BCUT2D eigenvalue weighted by molar-refractivity contribution is -0.151. The van der Waals surface area contributed by atoms with Gasteiger partial charge in [0.1, 0.15) is 6.04 Å². The van der Waals surface area contributed by atoms with Gasteiger partial charge in [0.25, 0.3) is 0 Å². The first kappa shape index (κ1) is 14.6. The van der Waals surface area contributed by atoms with Gasteiger partial charge in [0.15, 0.2) is 0 Å². The molecule has 1 amide bonds. The lowest BCUT2D eigenvalue weighted by Gasteiger charge is -2.33. The summed E-state index contributed by atoms with van der Waals surface area (Å²) in [6.07, 6.45) is 2.62. The van der Waals surface area contributed by atoms with Gasteiger partial charge in [-0.15, -0.1) is 0 Å². The van der Waals surface area contributed by atoms with Crippen LogP contribution in [0.4, 0.5) is 0 Å². The van der Waals surface area contributed by atoms with E-state index in [0.29, 0.717) is 13.0 Å². The number of likely N-dealkylation sites (tertiary alicyclic amines) is 1. The predicted octanol–water partition coefficient (Wildman–Crippen LogP) is 2.31. The molecule has 1 atom stereocenters. The minimum atomic E-state index is -0.890. The molecule has 1 fully saturated rings. The Bertz CT molecular complexity index is 524. The number of hydrogen-bond acceptors (Lipinski definition) is 2. The van der Waals surface area contributed by atoms with Gasteiger partial charge in [0.2, 0.25) is 5.91 Å². The molecular weight excluding hydrogens is 254 g/mol. The molecule has 4 nitrogen and oxygen atoms in total. The van der Waals surface area contributed by atoms with Gasteiger partial charge in [-0.3, -0.25) is 4.79 Å². The first-order chi connectivity index (χ1) is 9.49. The van der Waals surface area contributed by atoms with E-state index in [9.17, 15) is 14.7 Å². The number of carboxylic acid groups (broad SMARTS) is 1. The van der Waals surface area contributed by atoms with Crippen LogP contribution in [0.3, 0.4) is 0 Å². The second kappa shape index (κ2) is 6.07. The maximum atomic E-state index is 12.4. The van der Waals surface area contributed by atoms with Gasteiger partial charge in [-0.2, -0.15) is 0 Å². The lowest BCUT2D eigenvalue weighted by Crippen LogP contribution is -2.48. The van der Waals surface area contributed by atoms with Crippen molar-refractivity contribution in [3.8, 4) is 0 Å². The number of carbonyl (C=O) groups excluding carboxylic acids is 1. The van der Waals surface area contributed by atoms with Gasteiger partial charge in [-0.25, -0.2) is 4.79 Å². The highest BCUT2D eigenvalue weighted by Gasteiger charge is 2.31. The lowest BCUT2D eigenvalue weighted by atomic mass is 9.99. The Balaban J connectivity index is 2.14. The zero-order chi connectivity index (χ0) is 14.7. The van der Waals surface area contributed by atoms with Crippen molar-refractivity contribution >= 4 is 11.9 Å². The summed E-state index contributed by atoms with van der Waals surface area (Å²) in [4.78, 5) is 25.2. The van der Waals surface area contributed by atoms with E-state index in [1.54, 1.807) is 0 Å². The van der Waals surface area contributed by atoms with Crippen LogP contribution in [-0.4, -0.2) is 34.5 Å². The highest BCUT2D eigenvalue weighted by atomic mass is 16.4. The van der Waals surface area contributed by atoms with E-state index < -0.39 is 12.0 Å². The van der Waals surface area contributed by atoms with Crippen LogP contribution in [0.25, 0.3) is 0 Å². The zero-order valence-electron chi connectivity index (χ0n) is 12.1. The molecule has 0 spiro atoms. The van der Waals surface area contributed by atoms with Crippen molar-refractivity contribution in [2.75, 3.05) is 6.54 Å². The molecule has 1 saturated heterocycles. The molecule has 1 aromatic rings. The van der Waals surface area contributed by atoms with Gasteiger partial charge in [-0.1, -0.05) is 23.8 Å². The molecule has 1 aromatic carbocycles. The molecule has 2 rings (SSSR count). The summed E-state index contributed by atoms with van der Waals surface area (Å²) in [6, 6.07) is 5.38. The van der Waals surface area contributed by atoms with Crippen LogP contribution < -0.4 is 0 Å². The van der Waals surface area contributed by atoms with Gasteiger partial charge < -0.3 is 10.0 Å². The van der Waals surface area contributed by atoms with E-state index in [-0.39, 0.29) is 12.3 Å². The van der Waals surface area contributed by atoms with Crippen LogP contribution >= 0.6 is 0 Å². The van der Waals surface area contributed by atoms with Crippen LogP contribution in [0.5, 0.6) is 0 Å². The quantitative estimate of drug-likeness (QED) is 0.921. The normalized spacial score (nSPS) is 18.9. The van der Waals surface area contributed by atoms with Crippen molar-refractivity contribution < 1.29 is 14.7 Å². The third-order valence-corrected chi connectivity index (χ3v) is 3.95. The Kier molecular flexibility index (Phi) is 4.42. The zero-order valence-corrected chi connectivity index (χ0v) is 12.1. The number of carboxylic acids is 1. The average Bonchev–Trinajstić information content (AvgIpc) is 2.42. The second-order valence-corrected chi connectivity index (χ2v) is 5.54. The maximum Gasteiger partial charge on any atom is 0.326 e. The van der Waals surface area contributed by atoms with E-state index in [1.807, 2.05) is 32.0 Å². The van der Waals surface area contributed by atoms with Crippen molar-refractivity contribution in [1.82, 2.24) is 4.90 Å². The summed E-state index contributed by atoms with van der Waals surface area (Å²) in [5.74, 6) is -0.968. The van der Waals surface area contributed by atoms with E-state index in [4.69, 9.17) is 0 Å². The van der Waals surface area contributed by atoms with Crippen LogP contribution in [0.1, 0.15) is 36.0 Å². The maximum absolute atomic E-state index is 12.4. The Morgan fingerprint density at radius 1 is 1.30 bits per heavy atom. The van der Waals surface area contributed by atoms with Gasteiger partial charge in [0.05, 0.1) is 6.42 Å². The van der Waals surface area contributed by atoms with Gasteiger partial charge in [0, 0.05) is 6.54 Å². The molecule has 4 heteroatoms. The van der Waals surface area contributed by atoms with Crippen molar-refractivity contribution in [2.45, 2.75) is 45.6 Å². The van der Waals surface area contributed by atoms with Crippen molar-refractivity contribution in [3.63, 3.8) is 0 Å². The Morgan fingerprint density at radius 2 is 2.05 bits per heavy atom. The first-order valence-electron chi connectivity index (χ1n) is 7.07. The van der Waals surface area contributed by atoms with Gasteiger partial charge in [-0.05, 0) is 44.2 Å². The number of amides is 1. The first-order valence-corrected chi connectivity index (χ1v) is 7.07. The SMILES string of the molecule is Cc1ccc(C)c(CC(=O)N2CCCCC2C(=O)O)c1. The molecule has 108 valence electrons. The molecule has 0 saturated carbocycles. The van der Waals surface area contributed by atoms with E-state index in [0.717, 1.165) is 29.5 Å². The number of nitrogens with zero attached hydrogens (tertiary/aromatic N) is 1. The number of piperidine rings is 1. The average molecular weight is 275 g/mol. The fourth-order valence-electron chi connectivity index (χ4n) is 2.74. The fourth-order valence-corrected chi connectivity index (χ4v) is 2.74. The standard InChI is InChI=1S/C16H21NO3/c1-11-6-7-12(2)13(9-11)10-15(18)17-8-4-3-5-14(17)16(19)20/h6-7,9,14H,3-5,8,10H2,1-2H3,(H,19,20). The smallest absolute Gasteiger partial charge is 0.326 e. The summed E-state index contributed by atoms with van der Waals surface area (Å²) < 4.78 is 0. The number of carbonyl (C=O) groups is 2. The fraction of sp³-hybridized carbons (Fsp3) is 0.500. The van der Waals surface area contributed by atoms with E-state index in [1.165, 1.54) is 4.90 Å². The highest BCUT2D eigenvalue weighted by molar-refractivity contribution is 5.85. The van der Waals surface area contributed by atoms with E-state index >= 15 is 0 Å². The Morgan fingerprint density at radius 3 is 2.75 bits per heavy atom. The molecule has 1 N–H and O–H groups in total. The molecule has 1 aliphatic rings. The van der Waals surface area contributed by atoms with Gasteiger partial charge >= 0.3 is 5.97 Å². The van der Waals surface area contributed by atoms with Crippen LogP contribution in [-0.2, 0) is 16.0 Å². The number of rotatable bonds is 3. The van der Waals surface area contributed by atoms with Crippen molar-refractivity contribution in [3.05, 3.63) is 34.9 Å². The van der Waals surface area contributed by atoms with Crippen LogP contribution in [0.2, 0.25) is 0 Å². The molecule has 20 heavy (non-hydrogen) atoms. The molecule has 1 aliphatic heterocycles. The topological polar surface area (TPSA) is 57.6 Å². The monoisotopic (exact) mass is 275 g/mol. The summed E-state index contributed by atoms with van der Waals surface area (Å²) in [5, 5.41) is 9.23. The molecule has 0 bridgehead atoms. The third kappa shape index (κ3) is 3.18.